The van der Waals surface area contributed by atoms with Gasteiger partial charge in [0.1, 0.15) is 0 Å². The third-order valence-corrected chi connectivity index (χ3v) is 8.15. The maximum Gasteiger partial charge on any atom is 0.252 e. The fourth-order valence-corrected chi connectivity index (χ4v) is 7.45. The quantitative estimate of drug-likeness (QED) is 0.526. The number of aliphatic hydroxyl groups is 1. The van der Waals surface area contributed by atoms with Crippen LogP contribution >= 0.6 is 31.9 Å². The van der Waals surface area contributed by atoms with Crippen LogP contribution in [0.5, 0.6) is 0 Å². The number of Topliss-reactive ketones (excluding diaryl/α,β-unsaturated/α-hetero) is 1. The van der Waals surface area contributed by atoms with Gasteiger partial charge in [-0.05, 0) is 0 Å². The van der Waals surface area contributed by atoms with Crippen LogP contribution < -0.4 is 0 Å². The molecule has 0 spiro atoms. The number of methoxy groups -OCH3 is 2. The van der Waals surface area contributed by atoms with Crippen LogP contribution in [0, 0.1) is 11.8 Å². The minimum Gasteiger partial charge on any atom is -0.358 e. The SMILES string of the molecule is COC1(OC)[C@@]2(Br)C(=O)[C@]3(O)O[C@H]4OC[C@H]2[C@@H]4[C@]13Br. The van der Waals surface area contributed by atoms with E-state index in [0.717, 1.165) is 0 Å². The lowest BCUT2D eigenvalue weighted by Gasteiger charge is -2.40. The second-order valence-corrected chi connectivity index (χ2v) is 7.88. The van der Waals surface area contributed by atoms with Crippen molar-refractivity contribution in [2.45, 2.75) is 26.5 Å². The summed E-state index contributed by atoms with van der Waals surface area (Å²) in [6.07, 6.45) is -0.634. The molecule has 4 rings (SSSR count). The van der Waals surface area contributed by atoms with Crippen molar-refractivity contribution in [1.82, 2.24) is 0 Å². The van der Waals surface area contributed by atoms with Gasteiger partial charge >= 0.3 is 0 Å². The zero-order valence-electron chi connectivity index (χ0n) is 10.2. The molecule has 19 heavy (non-hydrogen) atoms. The number of ketones is 1. The molecule has 8 heteroatoms. The lowest BCUT2D eigenvalue weighted by atomic mass is 9.79. The Morgan fingerprint density at radius 3 is 2.58 bits per heavy atom. The molecule has 6 nitrogen and oxygen atoms in total. The van der Waals surface area contributed by atoms with Gasteiger partial charge < -0.3 is 24.1 Å². The highest BCUT2D eigenvalue weighted by molar-refractivity contribution is 9.11. The van der Waals surface area contributed by atoms with Gasteiger partial charge in [-0.3, -0.25) is 4.79 Å². The number of alkyl halides is 2. The van der Waals surface area contributed by atoms with E-state index in [0.29, 0.717) is 6.61 Å². The molecule has 6 atom stereocenters. The molecule has 4 aliphatic rings. The van der Waals surface area contributed by atoms with Gasteiger partial charge in [0.2, 0.25) is 11.6 Å². The van der Waals surface area contributed by atoms with E-state index in [1.54, 1.807) is 0 Å². The van der Waals surface area contributed by atoms with E-state index in [-0.39, 0.29) is 11.8 Å². The molecule has 0 unspecified atom stereocenters. The molecule has 0 aromatic heterocycles. The van der Waals surface area contributed by atoms with Gasteiger partial charge in [0.15, 0.2) is 14.9 Å². The van der Waals surface area contributed by atoms with Gasteiger partial charge in [0.05, 0.1) is 6.61 Å². The standard InChI is InChI=1S/C11H12Br2O6/c1-16-11(17-2)8(12)4-3-18-6-5(4)9(11,13)10(15,19-6)7(8)14/h4-6,15H,3H2,1-2H3/t4-,5-,6+,8-,9+,10-/m0/s1. The topological polar surface area (TPSA) is 74.2 Å². The summed E-state index contributed by atoms with van der Waals surface area (Å²) < 4.78 is 19.8. The summed E-state index contributed by atoms with van der Waals surface area (Å²) in [7, 11) is 2.91. The Morgan fingerprint density at radius 2 is 2.00 bits per heavy atom. The van der Waals surface area contributed by atoms with Crippen LogP contribution in [0.15, 0.2) is 0 Å². The fraction of sp³-hybridized carbons (Fsp3) is 0.909. The highest BCUT2D eigenvalue weighted by Crippen LogP contribution is 2.78. The molecule has 2 bridgehead atoms. The van der Waals surface area contributed by atoms with Gasteiger partial charge in [-0.2, -0.15) is 0 Å². The molecule has 2 aliphatic heterocycles. The summed E-state index contributed by atoms with van der Waals surface area (Å²) in [5, 5.41) is 10.8. The van der Waals surface area contributed by atoms with E-state index >= 15 is 0 Å². The van der Waals surface area contributed by atoms with E-state index in [1.165, 1.54) is 14.2 Å². The van der Waals surface area contributed by atoms with Gasteiger partial charge in [0, 0.05) is 26.1 Å². The summed E-state index contributed by atoms with van der Waals surface area (Å²) >= 11 is 7.01. The molecule has 2 saturated heterocycles. The number of carbonyl (C=O) groups is 1. The monoisotopic (exact) mass is 398 g/mol. The highest BCUT2D eigenvalue weighted by Gasteiger charge is 2.99. The lowest BCUT2D eigenvalue weighted by molar-refractivity contribution is -0.257. The Labute approximate surface area is 126 Å². The number of ether oxygens (including phenoxy) is 4. The highest BCUT2D eigenvalue weighted by atomic mass is 79.9. The van der Waals surface area contributed by atoms with Gasteiger partial charge in [-0.15, -0.1) is 0 Å². The van der Waals surface area contributed by atoms with Crippen molar-refractivity contribution in [3.63, 3.8) is 0 Å². The van der Waals surface area contributed by atoms with Crippen LogP contribution in [0.4, 0.5) is 0 Å². The van der Waals surface area contributed by atoms with E-state index < -0.39 is 32.3 Å². The van der Waals surface area contributed by atoms with Crippen molar-refractivity contribution in [2.75, 3.05) is 20.8 Å². The van der Waals surface area contributed by atoms with Crippen LogP contribution in [-0.2, 0) is 23.7 Å². The number of halogens is 2. The number of hydrogen-bond acceptors (Lipinski definition) is 6. The Balaban J connectivity index is 2.08. The number of rotatable bonds is 2. The predicted molar refractivity (Wildman–Crippen MR) is 67.8 cm³/mol. The maximum absolute atomic E-state index is 12.7. The van der Waals surface area contributed by atoms with Crippen molar-refractivity contribution in [2.24, 2.45) is 11.8 Å². The summed E-state index contributed by atoms with van der Waals surface area (Å²) in [6.45, 7) is 0.351. The predicted octanol–water partition coefficient (Wildman–Crippen LogP) is 0.147. The molecule has 2 saturated carbocycles. The van der Waals surface area contributed by atoms with E-state index in [4.69, 9.17) is 18.9 Å². The first kappa shape index (κ1) is 13.1. The van der Waals surface area contributed by atoms with Crippen molar-refractivity contribution >= 4 is 37.6 Å². The first-order chi connectivity index (χ1) is 8.85. The Kier molecular flexibility index (Phi) is 2.25. The smallest absolute Gasteiger partial charge is 0.252 e. The summed E-state index contributed by atoms with van der Waals surface area (Å²) in [5.74, 6) is -4.26. The molecular weight excluding hydrogens is 388 g/mol. The van der Waals surface area contributed by atoms with E-state index in [1.807, 2.05) is 0 Å². The molecule has 0 aromatic carbocycles. The summed E-state index contributed by atoms with van der Waals surface area (Å²) in [4.78, 5) is 12.7. The first-order valence-corrected chi connectivity index (χ1v) is 7.48. The summed E-state index contributed by atoms with van der Waals surface area (Å²) in [6, 6.07) is 0. The maximum atomic E-state index is 12.7. The van der Waals surface area contributed by atoms with Crippen molar-refractivity contribution in [3.05, 3.63) is 0 Å². The Morgan fingerprint density at radius 1 is 1.37 bits per heavy atom. The zero-order chi connectivity index (χ0) is 13.8. The zero-order valence-corrected chi connectivity index (χ0v) is 13.4. The fourth-order valence-electron chi connectivity index (χ4n) is 4.42. The van der Waals surface area contributed by atoms with Gasteiger partial charge in [-0.25, -0.2) is 0 Å². The molecule has 106 valence electrons. The normalized spacial score (nSPS) is 60.3. The molecule has 2 heterocycles. The van der Waals surface area contributed by atoms with E-state index in [2.05, 4.69) is 31.9 Å². The minimum absolute atomic E-state index is 0.188. The largest absolute Gasteiger partial charge is 0.358 e. The van der Waals surface area contributed by atoms with Gasteiger partial charge in [-0.1, -0.05) is 31.9 Å². The molecule has 0 amide bonds. The summed E-state index contributed by atoms with van der Waals surface area (Å²) in [5.41, 5.74) is 0. The van der Waals surface area contributed by atoms with Crippen LogP contribution in [-0.4, -0.2) is 58.2 Å². The van der Waals surface area contributed by atoms with E-state index in [9.17, 15) is 9.90 Å². The Hall–Kier alpha value is 0.430. The number of carbonyl (C=O) groups excluding carboxylic acids is 1. The molecular formula is C11H12Br2O6. The van der Waals surface area contributed by atoms with Crippen LogP contribution in [0.2, 0.25) is 0 Å². The van der Waals surface area contributed by atoms with Crippen LogP contribution in [0.3, 0.4) is 0 Å². The molecule has 1 N–H and O–H groups in total. The third kappa shape index (κ3) is 0.874. The third-order valence-electron chi connectivity index (χ3n) is 5.09. The number of hydrogen-bond donors (Lipinski definition) is 1. The van der Waals surface area contributed by atoms with Crippen molar-refractivity contribution < 1.29 is 28.8 Å². The molecule has 0 radical (unpaired) electrons. The second kappa shape index (κ2) is 3.26. The van der Waals surface area contributed by atoms with Crippen molar-refractivity contribution in [1.29, 1.82) is 0 Å². The minimum atomic E-state index is -2.02. The van der Waals surface area contributed by atoms with Crippen LogP contribution in [0.25, 0.3) is 0 Å². The average Bonchev–Trinajstić information content (AvgIpc) is 2.95. The Bertz CT molecular complexity index is 496. The molecule has 2 aliphatic carbocycles. The number of fused-ring (bicyclic) bond motifs is 2. The lowest BCUT2D eigenvalue weighted by Crippen LogP contribution is -2.59. The second-order valence-electron chi connectivity index (χ2n) is 5.37. The van der Waals surface area contributed by atoms with Crippen LogP contribution in [0.1, 0.15) is 0 Å². The van der Waals surface area contributed by atoms with Gasteiger partial charge in [0.25, 0.3) is 5.79 Å². The molecule has 0 aromatic rings. The molecule has 4 fully saturated rings. The average molecular weight is 400 g/mol. The first-order valence-electron chi connectivity index (χ1n) is 5.90. The van der Waals surface area contributed by atoms with Crippen molar-refractivity contribution in [3.8, 4) is 0 Å².